The lowest BCUT2D eigenvalue weighted by atomic mass is 10.0. The molecule has 0 rings (SSSR count). The van der Waals surface area contributed by atoms with Crippen molar-refractivity contribution in [3.05, 3.63) is 0 Å². The maximum atomic E-state index is 12.9. The molecule has 200 valence electrons. The lowest BCUT2D eigenvalue weighted by Gasteiger charge is -2.25. The van der Waals surface area contributed by atoms with Crippen molar-refractivity contribution in [1.82, 2.24) is 16.0 Å². The molecule has 0 aromatic rings. The average molecular weight is 505 g/mol. The van der Waals surface area contributed by atoms with Crippen molar-refractivity contribution >= 4 is 35.6 Å². The van der Waals surface area contributed by atoms with Crippen molar-refractivity contribution in [2.45, 2.75) is 82.1 Å². The number of nitrogens with one attached hydrogen (secondary N) is 3. The highest BCUT2D eigenvalue weighted by Gasteiger charge is 2.32. The van der Waals surface area contributed by atoms with Gasteiger partial charge in [0.05, 0.1) is 12.1 Å². The summed E-state index contributed by atoms with van der Waals surface area (Å²) in [4.78, 5) is 71.1. The van der Waals surface area contributed by atoms with Crippen molar-refractivity contribution in [3.8, 4) is 0 Å². The summed E-state index contributed by atoms with van der Waals surface area (Å²) in [6.45, 7) is 1.46. The molecule has 0 saturated carbocycles. The van der Waals surface area contributed by atoms with E-state index in [2.05, 4.69) is 16.0 Å². The molecular formula is C20H36N6O9. The largest absolute Gasteiger partial charge is 0.481 e. The van der Waals surface area contributed by atoms with Crippen LogP contribution < -0.4 is 33.2 Å². The number of aliphatic hydroxyl groups excluding tert-OH is 1. The quantitative estimate of drug-likeness (QED) is 0.0825. The number of primary amides is 1. The molecule has 0 fully saturated rings. The van der Waals surface area contributed by atoms with E-state index < -0.39 is 65.8 Å². The summed E-state index contributed by atoms with van der Waals surface area (Å²) in [6, 6.07) is -5.47. The zero-order chi connectivity index (χ0) is 27.1. The van der Waals surface area contributed by atoms with Crippen LogP contribution in [0.5, 0.6) is 0 Å². The highest BCUT2D eigenvalue weighted by Crippen LogP contribution is 2.06. The van der Waals surface area contributed by atoms with Crippen LogP contribution in [0.1, 0.15) is 51.9 Å². The molecule has 0 spiro atoms. The zero-order valence-electron chi connectivity index (χ0n) is 19.6. The minimum atomic E-state index is -1.68. The Bertz CT molecular complexity index is 761. The molecule has 4 amide bonds. The van der Waals surface area contributed by atoms with Crippen molar-refractivity contribution < 1.29 is 44.1 Å². The van der Waals surface area contributed by atoms with Crippen molar-refractivity contribution in [3.63, 3.8) is 0 Å². The minimum absolute atomic E-state index is 0.107. The number of aliphatic carboxylic acids is 2. The summed E-state index contributed by atoms with van der Waals surface area (Å²) in [6.07, 6.45) is -1.55. The van der Waals surface area contributed by atoms with E-state index in [-0.39, 0.29) is 32.1 Å². The molecule has 5 unspecified atom stereocenters. The fourth-order valence-corrected chi connectivity index (χ4v) is 2.92. The van der Waals surface area contributed by atoms with Crippen molar-refractivity contribution in [1.29, 1.82) is 0 Å². The third kappa shape index (κ3) is 13.2. The predicted molar refractivity (Wildman–Crippen MR) is 121 cm³/mol. The van der Waals surface area contributed by atoms with Crippen LogP contribution in [-0.4, -0.2) is 87.7 Å². The van der Waals surface area contributed by atoms with Crippen LogP contribution in [0.25, 0.3) is 0 Å². The molecule has 5 atom stereocenters. The second kappa shape index (κ2) is 16.3. The number of carboxylic acids is 2. The number of aliphatic hydroxyl groups is 1. The van der Waals surface area contributed by atoms with Crippen molar-refractivity contribution in [2.24, 2.45) is 17.2 Å². The van der Waals surface area contributed by atoms with Gasteiger partial charge in [-0.2, -0.15) is 0 Å². The van der Waals surface area contributed by atoms with Gasteiger partial charge in [0.2, 0.25) is 23.6 Å². The van der Waals surface area contributed by atoms with E-state index in [1.807, 2.05) is 0 Å². The Morgan fingerprint density at radius 1 is 0.800 bits per heavy atom. The van der Waals surface area contributed by atoms with Gasteiger partial charge >= 0.3 is 11.9 Å². The number of rotatable bonds is 18. The first-order valence-corrected chi connectivity index (χ1v) is 11.1. The Morgan fingerprint density at radius 2 is 1.34 bits per heavy atom. The predicted octanol–water partition coefficient (Wildman–Crippen LogP) is -3.51. The summed E-state index contributed by atoms with van der Waals surface area (Å²) >= 11 is 0. The first-order valence-electron chi connectivity index (χ1n) is 11.1. The fourth-order valence-electron chi connectivity index (χ4n) is 2.92. The summed E-state index contributed by atoms with van der Waals surface area (Å²) < 4.78 is 0. The highest BCUT2D eigenvalue weighted by atomic mass is 16.4. The second-order valence-corrected chi connectivity index (χ2v) is 8.02. The summed E-state index contributed by atoms with van der Waals surface area (Å²) in [5, 5.41) is 34.4. The second-order valence-electron chi connectivity index (χ2n) is 8.02. The van der Waals surface area contributed by atoms with E-state index in [9.17, 15) is 33.9 Å². The maximum Gasteiger partial charge on any atom is 0.328 e. The Hall–Kier alpha value is -3.30. The first kappa shape index (κ1) is 31.7. The molecule has 0 radical (unpaired) electrons. The zero-order valence-corrected chi connectivity index (χ0v) is 19.6. The van der Waals surface area contributed by atoms with Crippen LogP contribution in [0, 0.1) is 0 Å². The number of hydrogen-bond donors (Lipinski definition) is 9. The number of nitrogens with two attached hydrogens (primary N) is 3. The van der Waals surface area contributed by atoms with Crippen LogP contribution in [0.15, 0.2) is 0 Å². The van der Waals surface area contributed by atoms with E-state index in [1.54, 1.807) is 0 Å². The number of carbonyl (C=O) groups is 6. The van der Waals surface area contributed by atoms with Crippen LogP contribution in [0.2, 0.25) is 0 Å². The Kier molecular flexibility index (Phi) is 14.8. The molecule has 15 nitrogen and oxygen atoms in total. The van der Waals surface area contributed by atoms with Crippen LogP contribution in [0.3, 0.4) is 0 Å². The molecule has 0 bridgehead atoms. The van der Waals surface area contributed by atoms with Gasteiger partial charge in [0.25, 0.3) is 0 Å². The third-order valence-corrected chi connectivity index (χ3v) is 4.94. The minimum Gasteiger partial charge on any atom is -0.481 e. The lowest BCUT2D eigenvalue weighted by Crippen LogP contribution is -2.58. The molecule has 0 heterocycles. The highest BCUT2D eigenvalue weighted by molar-refractivity contribution is 5.94. The van der Waals surface area contributed by atoms with Crippen molar-refractivity contribution in [2.75, 3.05) is 6.54 Å². The van der Waals surface area contributed by atoms with E-state index in [0.717, 1.165) is 6.92 Å². The lowest BCUT2D eigenvalue weighted by molar-refractivity contribution is -0.145. The van der Waals surface area contributed by atoms with Gasteiger partial charge in [-0.05, 0) is 45.6 Å². The average Bonchev–Trinajstić information content (AvgIpc) is 2.76. The number of unbranched alkanes of at least 4 members (excludes halogenated alkanes) is 1. The number of carboxylic acid groups (broad SMARTS) is 2. The Morgan fingerprint density at radius 3 is 1.83 bits per heavy atom. The topological polar surface area (TPSA) is 277 Å². The Balaban J connectivity index is 5.55. The molecule has 0 aliphatic carbocycles. The van der Waals surface area contributed by atoms with Gasteiger partial charge in [0, 0.05) is 12.8 Å². The smallest absolute Gasteiger partial charge is 0.328 e. The van der Waals surface area contributed by atoms with Crippen LogP contribution in [0.4, 0.5) is 0 Å². The van der Waals surface area contributed by atoms with E-state index in [0.29, 0.717) is 19.4 Å². The van der Waals surface area contributed by atoms with Gasteiger partial charge < -0.3 is 48.5 Å². The van der Waals surface area contributed by atoms with Gasteiger partial charge in [-0.3, -0.25) is 24.0 Å². The summed E-state index contributed by atoms with van der Waals surface area (Å²) in [5.41, 5.74) is 16.3. The van der Waals surface area contributed by atoms with Gasteiger partial charge in [0.1, 0.15) is 12.1 Å². The molecule has 0 aliphatic heterocycles. The van der Waals surface area contributed by atoms with Gasteiger partial charge in [-0.1, -0.05) is 0 Å². The molecule has 35 heavy (non-hydrogen) atoms. The normalized spacial score (nSPS) is 15.1. The molecule has 12 N–H and O–H groups in total. The number of amides is 4. The van der Waals surface area contributed by atoms with E-state index >= 15 is 0 Å². The number of hydrogen-bond acceptors (Lipinski definition) is 9. The SMILES string of the molecule is CC(O)C(NC(=O)C(CCC(N)=O)NC(=O)C(CCCCN)NC(=O)C(N)CCC(=O)O)C(=O)O. The maximum absolute atomic E-state index is 12.9. The molecule has 0 aromatic carbocycles. The molecule has 15 heteroatoms. The van der Waals surface area contributed by atoms with E-state index in [4.69, 9.17) is 27.4 Å². The number of carbonyl (C=O) groups excluding carboxylic acids is 4. The monoisotopic (exact) mass is 504 g/mol. The van der Waals surface area contributed by atoms with Gasteiger partial charge in [-0.25, -0.2) is 4.79 Å². The van der Waals surface area contributed by atoms with Gasteiger partial charge in [0.15, 0.2) is 6.04 Å². The molecular weight excluding hydrogens is 468 g/mol. The van der Waals surface area contributed by atoms with E-state index in [1.165, 1.54) is 0 Å². The third-order valence-electron chi connectivity index (χ3n) is 4.94. The molecule has 0 aliphatic rings. The first-order chi connectivity index (χ1) is 16.3. The summed E-state index contributed by atoms with van der Waals surface area (Å²) in [5.74, 6) is -6.04. The summed E-state index contributed by atoms with van der Waals surface area (Å²) in [7, 11) is 0. The molecule has 0 aromatic heterocycles. The fraction of sp³-hybridized carbons (Fsp3) is 0.700. The Labute approximate surface area is 202 Å². The van der Waals surface area contributed by atoms with Gasteiger partial charge in [-0.15, -0.1) is 0 Å². The standard InChI is InChI=1S/C20H36N6O9/c1-10(27)16(20(34)35)26-19(33)13(6-7-14(23)28)25-18(32)12(4-2-3-9-21)24-17(31)11(22)5-8-15(29)30/h10-13,16,27H,2-9,21-22H2,1H3,(H2,23,28)(H,24,31)(H,25,32)(H,26,33)(H,29,30)(H,34,35). The molecule has 0 saturated heterocycles. The van der Waals surface area contributed by atoms with Crippen LogP contribution in [-0.2, 0) is 28.8 Å². The van der Waals surface area contributed by atoms with Crippen LogP contribution >= 0.6 is 0 Å².